The predicted molar refractivity (Wildman–Crippen MR) is 47.1 cm³/mol. The summed E-state index contributed by atoms with van der Waals surface area (Å²) in [4.78, 5) is 0. The summed E-state index contributed by atoms with van der Waals surface area (Å²) in [7, 11) is 0. The number of hydrogen-bond acceptors (Lipinski definition) is 4. The molecule has 64 valence electrons. The third-order valence-electron chi connectivity index (χ3n) is 0.297. The van der Waals surface area contributed by atoms with Crippen molar-refractivity contribution in [3.63, 3.8) is 0 Å². The van der Waals surface area contributed by atoms with Gasteiger partial charge < -0.3 is 0 Å². The molecule has 0 radical (unpaired) electrons. The van der Waals surface area contributed by atoms with Crippen molar-refractivity contribution in [3.8, 4) is 12.1 Å². The van der Waals surface area contributed by atoms with Gasteiger partial charge in [0.25, 0.3) is 0 Å². The second-order valence-corrected chi connectivity index (χ2v) is 1.15. The first-order valence-electron chi connectivity index (χ1n) is 3.00. The number of nitrogens with zero attached hydrogens (tertiary/aromatic N) is 3. The van der Waals surface area contributed by atoms with Crippen molar-refractivity contribution in [1.29, 1.82) is 16.1 Å². The van der Waals surface area contributed by atoms with Crippen molar-refractivity contribution in [2.45, 2.75) is 13.8 Å². The van der Waals surface area contributed by atoms with Crippen LogP contribution in [-0.4, -0.2) is 0 Å². The molecule has 0 unspecified atom stereocenters. The monoisotopic (exact) mass is 164 g/mol. The number of hydrogen-bond donors (Lipinski definition) is 1. The van der Waals surface area contributed by atoms with Crippen LogP contribution in [0, 0.1) is 28.2 Å². The minimum absolute atomic E-state index is 1.35. The van der Waals surface area contributed by atoms with Crippen LogP contribution in [0.5, 0.6) is 0 Å². The highest BCUT2D eigenvalue weighted by molar-refractivity contribution is 4.94. The molecule has 0 aromatic carbocycles. The zero-order valence-electron chi connectivity index (χ0n) is 7.28. The highest BCUT2D eigenvalue weighted by Crippen LogP contribution is 1.69. The Morgan fingerprint density at radius 3 is 1.75 bits per heavy atom. The number of nitriles is 2. The van der Waals surface area contributed by atoms with Crippen LogP contribution in [0.15, 0.2) is 30.0 Å². The zero-order valence-corrected chi connectivity index (χ0v) is 7.28. The average molecular weight is 164 g/mol. The lowest BCUT2D eigenvalue weighted by Gasteiger charge is -1.59. The van der Waals surface area contributed by atoms with Crippen molar-refractivity contribution in [3.05, 3.63) is 24.9 Å². The van der Waals surface area contributed by atoms with Crippen LogP contribution < -0.4 is 0 Å². The average Bonchev–Trinajstić information content (AvgIpc) is 2.04. The summed E-state index contributed by atoms with van der Waals surface area (Å²) in [5.74, 6) is 0. The first-order valence-corrected chi connectivity index (χ1v) is 3.00. The molecule has 0 atom stereocenters. The molecular formula is C8H12N4. The molecule has 0 saturated heterocycles. The quantitative estimate of drug-likeness (QED) is 0.502. The van der Waals surface area contributed by atoms with Crippen molar-refractivity contribution >= 4 is 0 Å². The SMILES string of the molecule is C=CC=CN=N.CC#N.CC#N. The van der Waals surface area contributed by atoms with E-state index in [2.05, 4.69) is 11.7 Å². The third kappa shape index (κ3) is 358. The third-order valence-corrected chi connectivity index (χ3v) is 0.297. The van der Waals surface area contributed by atoms with E-state index in [4.69, 9.17) is 16.1 Å². The Bertz CT molecular complexity index is 170. The predicted octanol–water partition coefficient (Wildman–Crippen LogP) is 2.78. The summed E-state index contributed by atoms with van der Waals surface area (Å²) in [6.45, 7) is 6.23. The lowest BCUT2D eigenvalue weighted by Crippen LogP contribution is -1.38. The van der Waals surface area contributed by atoms with Crippen molar-refractivity contribution in [1.82, 2.24) is 0 Å². The summed E-state index contributed by atoms with van der Waals surface area (Å²) in [5, 5.41) is 17.6. The maximum atomic E-state index is 7.32. The Balaban J connectivity index is -0.000000115. The fourth-order valence-corrected chi connectivity index (χ4v) is 0.104. The summed E-state index contributed by atoms with van der Waals surface area (Å²) in [6, 6.07) is 3.50. The van der Waals surface area contributed by atoms with Gasteiger partial charge >= 0.3 is 0 Å². The van der Waals surface area contributed by atoms with E-state index in [-0.39, 0.29) is 0 Å². The van der Waals surface area contributed by atoms with Crippen LogP contribution in [0.4, 0.5) is 0 Å². The number of rotatable bonds is 2. The van der Waals surface area contributed by atoms with E-state index in [0.717, 1.165) is 0 Å². The molecule has 0 aliphatic rings. The molecule has 0 spiro atoms. The molecule has 4 nitrogen and oxygen atoms in total. The lowest BCUT2D eigenvalue weighted by molar-refractivity contribution is 1.14. The molecule has 0 amide bonds. The molecule has 4 heteroatoms. The van der Waals surface area contributed by atoms with E-state index in [1.54, 1.807) is 24.3 Å². The topological polar surface area (TPSA) is 83.8 Å². The Labute approximate surface area is 72.9 Å². The Morgan fingerprint density at radius 1 is 1.33 bits per heavy atom. The molecule has 0 aromatic heterocycles. The zero-order chi connectivity index (χ0) is 10.2. The van der Waals surface area contributed by atoms with Gasteiger partial charge in [-0.3, -0.25) is 0 Å². The molecule has 0 heterocycles. The molecular weight excluding hydrogens is 152 g/mol. The van der Waals surface area contributed by atoms with Crippen LogP contribution in [0.2, 0.25) is 0 Å². The molecule has 0 saturated carbocycles. The Hall–Kier alpha value is -1.94. The van der Waals surface area contributed by atoms with E-state index >= 15 is 0 Å². The lowest BCUT2D eigenvalue weighted by atomic mass is 10.6. The summed E-state index contributed by atoms with van der Waals surface area (Å²) < 4.78 is 0. The van der Waals surface area contributed by atoms with Gasteiger partial charge in [0.1, 0.15) is 0 Å². The molecule has 0 aromatic rings. The van der Waals surface area contributed by atoms with Gasteiger partial charge in [0.2, 0.25) is 0 Å². The molecule has 12 heavy (non-hydrogen) atoms. The van der Waals surface area contributed by atoms with Gasteiger partial charge in [0, 0.05) is 20.0 Å². The number of nitrogens with one attached hydrogen (secondary N) is 1. The second kappa shape index (κ2) is 35.7. The Kier molecular flexibility index (Phi) is 49.3. The summed E-state index contributed by atoms with van der Waals surface area (Å²) in [5.41, 5.74) is 6.20. The van der Waals surface area contributed by atoms with Crippen molar-refractivity contribution in [2.24, 2.45) is 5.11 Å². The van der Waals surface area contributed by atoms with Crippen LogP contribution in [0.3, 0.4) is 0 Å². The number of allylic oxidation sites excluding steroid dienone is 2. The minimum Gasteiger partial charge on any atom is -0.205 e. The highest BCUT2D eigenvalue weighted by atomic mass is 14.9. The van der Waals surface area contributed by atoms with E-state index < -0.39 is 0 Å². The fourth-order valence-electron chi connectivity index (χ4n) is 0.104. The standard InChI is InChI=1S/C4H6N2.2C2H3N/c1-2-3-4-6-5;2*1-2-3/h2-5H,1H2;2*1H3. The van der Waals surface area contributed by atoms with E-state index in [9.17, 15) is 0 Å². The van der Waals surface area contributed by atoms with Crippen LogP contribution in [-0.2, 0) is 0 Å². The van der Waals surface area contributed by atoms with Gasteiger partial charge in [-0.2, -0.15) is 15.6 Å². The van der Waals surface area contributed by atoms with Crippen molar-refractivity contribution < 1.29 is 0 Å². The summed E-state index contributed by atoms with van der Waals surface area (Å²) in [6.07, 6.45) is 4.51. The van der Waals surface area contributed by atoms with E-state index in [1.165, 1.54) is 20.0 Å². The Morgan fingerprint density at radius 2 is 1.67 bits per heavy atom. The molecule has 1 N–H and O–H groups in total. The van der Waals surface area contributed by atoms with Gasteiger partial charge in [0.15, 0.2) is 0 Å². The first-order chi connectivity index (χ1) is 5.74. The van der Waals surface area contributed by atoms with Crippen molar-refractivity contribution in [2.75, 3.05) is 0 Å². The normalized spacial score (nSPS) is 5.67. The van der Waals surface area contributed by atoms with Gasteiger partial charge in [-0.1, -0.05) is 12.7 Å². The van der Waals surface area contributed by atoms with E-state index in [1.807, 2.05) is 0 Å². The smallest absolute Gasteiger partial charge is 0.0587 e. The van der Waals surface area contributed by atoms with Crippen LogP contribution >= 0.6 is 0 Å². The largest absolute Gasteiger partial charge is 0.205 e. The molecule has 0 bridgehead atoms. The van der Waals surface area contributed by atoms with Gasteiger partial charge in [-0.25, -0.2) is 5.53 Å². The van der Waals surface area contributed by atoms with Gasteiger partial charge in [0.05, 0.1) is 12.1 Å². The first kappa shape index (κ1) is 16.6. The second-order valence-electron chi connectivity index (χ2n) is 1.15. The maximum Gasteiger partial charge on any atom is 0.0587 e. The van der Waals surface area contributed by atoms with Gasteiger partial charge in [-0.05, 0) is 6.08 Å². The van der Waals surface area contributed by atoms with Gasteiger partial charge in [-0.15, -0.1) is 0 Å². The molecule has 0 aliphatic heterocycles. The molecule has 0 fully saturated rings. The maximum absolute atomic E-state index is 7.32. The van der Waals surface area contributed by atoms with E-state index in [0.29, 0.717) is 0 Å². The summed E-state index contributed by atoms with van der Waals surface area (Å²) >= 11 is 0. The fraction of sp³-hybridized carbons (Fsp3) is 0.250. The van der Waals surface area contributed by atoms with Crippen LogP contribution in [0.25, 0.3) is 0 Å². The minimum atomic E-state index is 1.35. The molecule has 0 aliphatic carbocycles. The molecule has 0 rings (SSSR count). The highest BCUT2D eigenvalue weighted by Gasteiger charge is 1.49. The van der Waals surface area contributed by atoms with Crippen LogP contribution in [0.1, 0.15) is 13.8 Å².